The van der Waals surface area contributed by atoms with Crippen molar-refractivity contribution in [3.63, 3.8) is 0 Å². The van der Waals surface area contributed by atoms with Crippen molar-refractivity contribution in [1.29, 1.82) is 0 Å². The van der Waals surface area contributed by atoms with Crippen LogP contribution in [0.15, 0.2) is 35.7 Å². The third kappa shape index (κ3) is 3.48. The van der Waals surface area contributed by atoms with Gasteiger partial charge in [0.25, 0.3) is 5.91 Å². The van der Waals surface area contributed by atoms with Crippen LogP contribution < -0.4 is 16.4 Å². The van der Waals surface area contributed by atoms with Crippen LogP contribution in [0.2, 0.25) is 0 Å². The lowest BCUT2D eigenvalue weighted by Crippen LogP contribution is -2.22. The first-order valence-electron chi connectivity index (χ1n) is 6.14. The highest BCUT2D eigenvalue weighted by atomic mass is 32.1. The maximum Gasteiger partial charge on any atom is 0.251 e. The summed E-state index contributed by atoms with van der Waals surface area (Å²) in [6.07, 6.45) is 0. The summed E-state index contributed by atoms with van der Waals surface area (Å²) in [7, 11) is 0. The summed E-state index contributed by atoms with van der Waals surface area (Å²) in [5.74, 6) is -0.0818. The van der Waals surface area contributed by atoms with E-state index in [1.807, 2.05) is 18.4 Å². The number of rotatable bonds is 5. The van der Waals surface area contributed by atoms with Gasteiger partial charge in [-0.05, 0) is 36.6 Å². The Morgan fingerprint density at radius 3 is 2.89 bits per heavy atom. The summed E-state index contributed by atoms with van der Waals surface area (Å²) >= 11 is 1.68. The van der Waals surface area contributed by atoms with E-state index in [9.17, 15) is 4.79 Å². The molecular formula is C14H17N3OS. The second-order valence-corrected chi connectivity index (χ2v) is 5.13. The average molecular weight is 275 g/mol. The second kappa shape index (κ2) is 6.24. The molecule has 0 unspecified atom stereocenters. The van der Waals surface area contributed by atoms with Gasteiger partial charge in [0.05, 0.1) is 11.4 Å². The number of thiophene rings is 1. The van der Waals surface area contributed by atoms with Crippen molar-refractivity contribution in [2.75, 3.05) is 17.6 Å². The molecule has 1 heterocycles. The van der Waals surface area contributed by atoms with E-state index in [1.54, 1.807) is 29.5 Å². The molecule has 2 aromatic rings. The smallest absolute Gasteiger partial charge is 0.251 e. The van der Waals surface area contributed by atoms with Crippen LogP contribution in [0.3, 0.4) is 0 Å². The minimum Gasteiger partial charge on any atom is -0.397 e. The summed E-state index contributed by atoms with van der Waals surface area (Å²) in [6.45, 7) is 3.22. The predicted molar refractivity (Wildman–Crippen MR) is 80.5 cm³/mol. The van der Waals surface area contributed by atoms with E-state index < -0.39 is 0 Å². The normalized spacial score (nSPS) is 10.2. The molecule has 1 amide bonds. The van der Waals surface area contributed by atoms with Gasteiger partial charge in [0, 0.05) is 23.5 Å². The summed E-state index contributed by atoms with van der Waals surface area (Å²) in [5.41, 5.74) is 7.96. The molecule has 0 aliphatic heterocycles. The molecule has 5 heteroatoms. The number of nitrogen functional groups attached to an aromatic ring is 1. The first-order valence-corrected chi connectivity index (χ1v) is 7.02. The zero-order valence-electron chi connectivity index (χ0n) is 10.8. The molecule has 0 saturated heterocycles. The largest absolute Gasteiger partial charge is 0.397 e. The molecule has 4 nitrogen and oxygen atoms in total. The fourth-order valence-electron chi connectivity index (χ4n) is 1.71. The first-order chi connectivity index (χ1) is 9.20. The molecular weight excluding hydrogens is 258 g/mol. The maximum atomic E-state index is 11.8. The number of benzene rings is 1. The van der Waals surface area contributed by atoms with Crippen LogP contribution >= 0.6 is 11.3 Å². The van der Waals surface area contributed by atoms with E-state index in [0.717, 1.165) is 5.69 Å². The van der Waals surface area contributed by atoms with Crippen LogP contribution in [0.1, 0.15) is 22.2 Å². The Morgan fingerprint density at radius 1 is 1.37 bits per heavy atom. The van der Waals surface area contributed by atoms with Gasteiger partial charge < -0.3 is 16.4 Å². The number of amides is 1. The Kier molecular flexibility index (Phi) is 4.41. The van der Waals surface area contributed by atoms with Gasteiger partial charge in [-0.15, -0.1) is 11.3 Å². The lowest BCUT2D eigenvalue weighted by Gasteiger charge is -2.10. The average Bonchev–Trinajstić information content (AvgIpc) is 2.91. The number of hydrogen-bond acceptors (Lipinski definition) is 4. The number of carbonyl (C=O) groups is 1. The van der Waals surface area contributed by atoms with Gasteiger partial charge in [0.15, 0.2) is 0 Å². The molecule has 0 spiro atoms. The van der Waals surface area contributed by atoms with Gasteiger partial charge in [0.2, 0.25) is 0 Å². The Balaban J connectivity index is 2.10. The molecule has 1 aromatic heterocycles. The molecule has 2 rings (SSSR count). The number of carbonyl (C=O) groups excluding carboxylic acids is 1. The van der Waals surface area contributed by atoms with E-state index in [4.69, 9.17) is 5.73 Å². The topological polar surface area (TPSA) is 67.2 Å². The van der Waals surface area contributed by atoms with Crippen LogP contribution in [0.4, 0.5) is 11.4 Å². The van der Waals surface area contributed by atoms with Crippen LogP contribution in [0, 0.1) is 0 Å². The molecule has 19 heavy (non-hydrogen) atoms. The SMILES string of the molecule is CCNC(=O)c1ccc(N)c(NCc2cccs2)c1. The van der Waals surface area contributed by atoms with Crippen LogP contribution in [-0.2, 0) is 6.54 Å². The van der Waals surface area contributed by atoms with Gasteiger partial charge >= 0.3 is 0 Å². The minimum absolute atomic E-state index is 0.0818. The fraction of sp³-hybridized carbons (Fsp3) is 0.214. The van der Waals surface area contributed by atoms with Gasteiger partial charge in [0.1, 0.15) is 0 Å². The summed E-state index contributed by atoms with van der Waals surface area (Å²) in [5, 5.41) is 8.06. The highest BCUT2D eigenvalue weighted by Crippen LogP contribution is 2.21. The lowest BCUT2D eigenvalue weighted by molar-refractivity contribution is 0.0956. The van der Waals surface area contributed by atoms with Crippen molar-refractivity contribution in [3.8, 4) is 0 Å². The Bertz CT molecular complexity index is 552. The zero-order chi connectivity index (χ0) is 13.7. The van der Waals surface area contributed by atoms with Gasteiger partial charge in [-0.25, -0.2) is 0 Å². The molecule has 0 bridgehead atoms. The van der Waals surface area contributed by atoms with Crippen molar-refractivity contribution in [2.24, 2.45) is 0 Å². The monoisotopic (exact) mass is 275 g/mol. The third-order valence-electron chi connectivity index (χ3n) is 2.69. The minimum atomic E-state index is -0.0818. The number of nitrogens with one attached hydrogen (secondary N) is 2. The van der Waals surface area contributed by atoms with Gasteiger partial charge in [-0.2, -0.15) is 0 Å². The van der Waals surface area contributed by atoms with Crippen molar-refractivity contribution in [1.82, 2.24) is 5.32 Å². The molecule has 0 aliphatic carbocycles. The van der Waals surface area contributed by atoms with Gasteiger partial charge in [-0.3, -0.25) is 4.79 Å². The van der Waals surface area contributed by atoms with Crippen molar-refractivity contribution in [2.45, 2.75) is 13.5 Å². The first kappa shape index (κ1) is 13.4. The second-order valence-electron chi connectivity index (χ2n) is 4.09. The van der Waals surface area contributed by atoms with Crippen molar-refractivity contribution in [3.05, 3.63) is 46.2 Å². The van der Waals surface area contributed by atoms with Crippen molar-refractivity contribution < 1.29 is 4.79 Å². The zero-order valence-corrected chi connectivity index (χ0v) is 11.6. The van der Waals surface area contributed by atoms with E-state index in [-0.39, 0.29) is 5.91 Å². The third-order valence-corrected chi connectivity index (χ3v) is 3.56. The highest BCUT2D eigenvalue weighted by molar-refractivity contribution is 7.09. The Labute approximate surface area is 116 Å². The van der Waals surface area contributed by atoms with Crippen LogP contribution in [0.5, 0.6) is 0 Å². The number of hydrogen-bond donors (Lipinski definition) is 3. The summed E-state index contributed by atoms with van der Waals surface area (Å²) in [4.78, 5) is 13.0. The number of nitrogens with two attached hydrogens (primary N) is 1. The van der Waals surface area contributed by atoms with E-state index in [0.29, 0.717) is 24.3 Å². The fourth-order valence-corrected chi connectivity index (χ4v) is 2.35. The molecule has 1 aromatic carbocycles. The molecule has 4 N–H and O–H groups in total. The van der Waals surface area contributed by atoms with E-state index in [2.05, 4.69) is 16.7 Å². The molecule has 0 fully saturated rings. The molecule has 0 atom stereocenters. The lowest BCUT2D eigenvalue weighted by atomic mass is 10.1. The summed E-state index contributed by atoms with van der Waals surface area (Å²) < 4.78 is 0. The van der Waals surface area contributed by atoms with E-state index in [1.165, 1.54) is 4.88 Å². The molecule has 0 radical (unpaired) electrons. The van der Waals surface area contributed by atoms with Crippen LogP contribution in [-0.4, -0.2) is 12.5 Å². The van der Waals surface area contributed by atoms with Crippen LogP contribution in [0.25, 0.3) is 0 Å². The number of anilines is 2. The summed E-state index contributed by atoms with van der Waals surface area (Å²) in [6, 6.07) is 9.34. The molecule has 0 saturated carbocycles. The highest BCUT2D eigenvalue weighted by Gasteiger charge is 2.07. The Hall–Kier alpha value is -2.01. The Morgan fingerprint density at radius 2 is 2.21 bits per heavy atom. The van der Waals surface area contributed by atoms with Gasteiger partial charge in [-0.1, -0.05) is 6.07 Å². The quantitative estimate of drug-likeness (QED) is 0.735. The maximum absolute atomic E-state index is 11.8. The van der Waals surface area contributed by atoms with Crippen molar-refractivity contribution >= 4 is 28.6 Å². The molecule has 100 valence electrons. The van der Waals surface area contributed by atoms with E-state index >= 15 is 0 Å². The predicted octanol–water partition coefficient (Wildman–Crippen LogP) is 2.69. The molecule has 0 aliphatic rings. The standard InChI is InChI=1S/C14H17N3OS/c1-2-16-14(18)10-5-6-12(15)13(8-10)17-9-11-4-3-7-19-11/h3-8,17H,2,9,15H2,1H3,(H,16,18).